The molecule has 1 atom stereocenters. The predicted molar refractivity (Wildman–Crippen MR) is 88.6 cm³/mol. The molecular formula is C16H9BrN6O. The molecule has 1 aromatic carbocycles. The zero-order valence-electron chi connectivity index (χ0n) is 12.1. The van der Waals surface area contributed by atoms with Crippen molar-refractivity contribution in [1.29, 1.82) is 15.8 Å². The fourth-order valence-corrected chi connectivity index (χ4v) is 3.13. The third kappa shape index (κ3) is 2.20. The summed E-state index contributed by atoms with van der Waals surface area (Å²) >= 11 is 3.37. The molecule has 0 fully saturated rings. The van der Waals surface area contributed by atoms with Crippen LogP contribution in [-0.2, 0) is 0 Å². The van der Waals surface area contributed by atoms with Crippen LogP contribution in [0.4, 0.5) is 11.5 Å². The Kier molecular flexibility index (Phi) is 3.73. The lowest BCUT2D eigenvalue weighted by molar-refractivity contribution is 0.421. The van der Waals surface area contributed by atoms with E-state index in [0.29, 0.717) is 16.9 Å². The second kappa shape index (κ2) is 5.73. The third-order valence-corrected chi connectivity index (χ3v) is 4.31. The number of nitriles is 3. The van der Waals surface area contributed by atoms with Crippen LogP contribution >= 0.6 is 15.9 Å². The van der Waals surface area contributed by atoms with Crippen LogP contribution in [0.25, 0.3) is 0 Å². The van der Waals surface area contributed by atoms with Crippen molar-refractivity contribution in [3.8, 4) is 29.8 Å². The van der Waals surface area contributed by atoms with Gasteiger partial charge in [-0.15, -0.1) is 0 Å². The zero-order chi connectivity index (χ0) is 17.4. The summed E-state index contributed by atoms with van der Waals surface area (Å²) in [5, 5.41) is 28.0. The molecule has 0 amide bonds. The van der Waals surface area contributed by atoms with Crippen LogP contribution in [0.1, 0.15) is 22.6 Å². The van der Waals surface area contributed by atoms with Gasteiger partial charge in [0, 0.05) is 21.5 Å². The molecule has 0 radical (unpaired) electrons. The van der Waals surface area contributed by atoms with E-state index < -0.39 is 11.8 Å². The van der Waals surface area contributed by atoms with Crippen molar-refractivity contribution >= 4 is 27.4 Å². The van der Waals surface area contributed by atoms with Gasteiger partial charge in [0.25, 0.3) is 0 Å². The average molecular weight is 381 g/mol. The minimum absolute atomic E-state index is 0.00965. The number of anilines is 2. The third-order valence-electron chi connectivity index (χ3n) is 3.82. The summed E-state index contributed by atoms with van der Waals surface area (Å²) in [6, 6.07) is 11.1. The summed E-state index contributed by atoms with van der Waals surface area (Å²) in [6.07, 6.45) is 0. The summed E-state index contributed by atoms with van der Waals surface area (Å²) in [6.45, 7) is 0. The number of ether oxygens (including phenoxy) is 1. The summed E-state index contributed by atoms with van der Waals surface area (Å²) < 4.78 is 6.50. The maximum absolute atomic E-state index is 9.39. The minimum atomic E-state index is -1.03. The van der Waals surface area contributed by atoms with E-state index in [1.165, 1.54) is 0 Å². The largest absolute Gasteiger partial charge is 0.438 e. The number of nitrogens with two attached hydrogens (primary N) is 2. The molecular weight excluding hydrogens is 372 g/mol. The highest BCUT2D eigenvalue weighted by Crippen LogP contribution is 2.50. The summed E-state index contributed by atoms with van der Waals surface area (Å²) in [5.41, 5.74) is 12.9. The van der Waals surface area contributed by atoms with Crippen LogP contribution < -0.4 is 16.2 Å². The molecule has 1 aliphatic heterocycles. The molecule has 0 aliphatic carbocycles. The molecule has 7 nitrogen and oxygen atoms in total. The van der Waals surface area contributed by atoms with Crippen LogP contribution in [0.2, 0.25) is 0 Å². The molecule has 2 heterocycles. The van der Waals surface area contributed by atoms with Crippen LogP contribution in [0.5, 0.6) is 11.6 Å². The van der Waals surface area contributed by atoms with E-state index >= 15 is 0 Å². The van der Waals surface area contributed by atoms with Crippen LogP contribution in [-0.4, -0.2) is 4.98 Å². The lowest BCUT2D eigenvalue weighted by atomic mass is 9.79. The molecule has 0 spiro atoms. The van der Waals surface area contributed by atoms with Gasteiger partial charge in [-0.3, -0.25) is 0 Å². The monoisotopic (exact) mass is 380 g/mol. The predicted octanol–water partition coefficient (Wildman–Crippen LogP) is 2.78. The molecule has 1 aliphatic rings. The molecule has 3 rings (SSSR count). The number of nitrogens with zero attached hydrogens (tertiary/aromatic N) is 4. The van der Waals surface area contributed by atoms with Crippen LogP contribution in [0.15, 0.2) is 22.7 Å². The highest BCUT2D eigenvalue weighted by molar-refractivity contribution is 9.10. The molecule has 0 bridgehead atoms. The van der Waals surface area contributed by atoms with Crippen LogP contribution in [0.3, 0.4) is 0 Å². The van der Waals surface area contributed by atoms with Crippen molar-refractivity contribution in [3.05, 3.63) is 39.4 Å². The van der Waals surface area contributed by atoms with Crippen molar-refractivity contribution in [2.75, 3.05) is 11.5 Å². The Labute approximate surface area is 145 Å². The lowest BCUT2D eigenvalue weighted by Gasteiger charge is -2.29. The number of nitrogen functional groups attached to an aromatic ring is 2. The first-order valence-electron chi connectivity index (χ1n) is 6.77. The number of halogens is 1. The number of fused-ring (bicyclic) bond motifs is 2. The molecule has 1 aromatic heterocycles. The molecule has 0 saturated heterocycles. The van der Waals surface area contributed by atoms with Gasteiger partial charge in [-0.2, -0.15) is 20.8 Å². The van der Waals surface area contributed by atoms with E-state index in [-0.39, 0.29) is 22.9 Å². The Bertz CT molecular complexity index is 968. The van der Waals surface area contributed by atoms with Crippen LogP contribution in [0, 0.1) is 39.9 Å². The summed E-state index contributed by atoms with van der Waals surface area (Å²) in [4.78, 5) is 4.09. The number of hydrogen-bond donors (Lipinski definition) is 2. The summed E-state index contributed by atoms with van der Waals surface area (Å²) in [7, 11) is 0. The smallest absolute Gasteiger partial charge is 0.227 e. The van der Waals surface area contributed by atoms with Gasteiger partial charge in [0.15, 0.2) is 0 Å². The van der Waals surface area contributed by atoms with Crippen molar-refractivity contribution in [2.24, 2.45) is 5.92 Å². The second-order valence-corrected chi connectivity index (χ2v) is 6.03. The molecule has 4 N–H and O–H groups in total. The molecule has 2 aromatic rings. The van der Waals surface area contributed by atoms with Gasteiger partial charge < -0.3 is 16.2 Å². The Morgan fingerprint density at radius 2 is 1.92 bits per heavy atom. The van der Waals surface area contributed by atoms with E-state index in [9.17, 15) is 15.8 Å². The van der Waals surface area contributed by atoms with Gasteiger partial charge in [0.1, 0.15) is 29.1 Å². The van der Waals surface area contributed by atoms with E-state index in [4.69, 9.17) is 16.2 Å². The highest BCUT2D eigenvalue weighted by atomic mass is 79.9. The highest BCUT2D eigenvalue weighted by Gasteiger charge is 2.38. The van der Waals surface area contributed by atoms with Crippen molar-refractivity contribution in [2.45, 2.75) is 5.92 Å². The first-order chi connectivity index (χ1) is 11.5. The normalized spacial score (nSPS) is 14.5. The molecule has 24 heavy (non-hydrogen) atoms. The second-order valence-electron chi connectivity index (χ2n) is 5.11. The Balaban J connectivity index is 2.37. The fourth-order valence-electron chi connectivity index (χ4n) is 2.75. The molecule has 0 saturated carbocycles. The van der Waals surface area contributed by atoms with Gasteiger partial charge in [-0.05, 0) is 18.2 Å². The van der Waals surface area contributed by atoms with Gasteiger partial charge in [-0.25, -0.2) is 0 Å². The van der Waals surface area contributed by atoms with E-state index in [1.807, 2.05) is 18.2 Å². The van der Waals surface area contributed by atoms with Crippen molar-refractivity contribution < 1.29 is 4.74 Å². The Morgan fingerprint density at radius 3 is 2.54 bits per heavy atom. The Hall–Kier alpha value is -3.28. The maximum Gasteiger partial charge on any atom is 0.227 e. The SMILES string of the molecule is N#Cc1c(N)nc2c(c1N)C(C(C#N)C#N)c1cc(Br)ccc1O2. The number of aromatic nitrogens is 1. The Morgan fingerprint density at radius 1 is 1.21 bits per heavy atom. The first kappa shape index (κ1) is 15.6. The van der Waals surface area contributed by atoms with E-state index in [2.05, 4.69) is 20.9 Å². The fraction of sp³-hybridized carbons (Fsp3) is 0.125. The van der Waals surface area contributed by atoms with Crippen molar-refractivity contribution in [1.82, 2.24) is 4.98 Å². The quantitative estimate of drug-likeness (QED) is 0.772. The molecule has 8 heteroatoms. The number of hydrogen-bond acceptors (Lipinski definition) is 7. The van der Waals surface area contributed by atoms with Gasteiger partial charge in [0.05, 0.1) is 17.8 Å². The van der Waals surface area contributed by atoms with Gasteiger partial charge >= 0.3 is 0 Å². The van der Waals surface area contributed by atoms with Crippen molar-refractivity contribution in [3.63, 3.8) is 0 Å². The number of benzene rings is 1. The number of rotatable bonds is 1. The minimum Gasteiger partial charge on any atom is -0.438 e. The maximum atomic E-state index is 9.39. The van der Waals surface area contributed by atoms with Gasteiger partial charge in [0.2, 0.25) is 5.88 Å². The zero-order valence-corrected chi connectivity index (χ0v) is 13.7. The number of pyridine rings is 1. The molecule has 116 valence electrons. The topological polar surface area (TPSA) is 146 Å². The standard InChI is InChI=1S/C16H9BrN6O/c17-8-1-2-11-9(3-8)12(7(4-18)5-19)13-14(21)10(6-20)15(22)23-16(13)24-11/h1-3,7,12H,(H4,21,22,23). The average Bonchev–Trinajstić information content (AvgIpc) is 2.56. The van der Waals surface area contributed by atoms with E-state index in [1.54, 1.807) is 18.2 Å². The van der Waals surface area contributed by atoms with Gasteiger partial charge in [-0.1, -0.05) is 15.9 Å². The summed E-state index contributed by atoms with van der Waals surface area (Å²) in [5.74, 6) is -1.21. The molecule has 1 unspecified atom stereocenters. The van der Waals surface area contributed by atoms with E-state index in [0.717, 1.165) is 4.47 Å². The lowest BCUT2D eigenvalue weighted by Crippen LogP contribution is -2.21. The first-order valence-corrected chi connectivity index (χ1v) is 7.56.